The minimum atomic E-state index is -5.17. The van der Waals surface area contributed by atoms with Gasteiger partial charge in [0.25, 0.3) is 5.60 Å². The van der Waals surface area contributed by atoms with Crippen molar-refractivity contribution in [3.8, 4) is 0 Å². The van der Waals surface area contributed by atoms with Crippen LogP contribution < -0.4 is 0 Å². The quantitative estimate of drug-likeness (QED) is 0.566. The first-order valence-corrected chi connectivity index (χ1v) is 4.74. The summed E-state index contributed by atoms with van der Waals surface area (Å²) in [5.74, 6) is -1.77. The molecule has 0 unspecified atom stereocenters. The van der Waals surface area contributed by atoms with E-state index in [-0.39, 0.29) is 6.61 Å². The standard InChI is InChI=1S/C9H15F3O5/c1-4-17-7(13)8(14,9(10,11)12)5-6(15-2)16-3/h6,14H,4-5H2,1-3H3/t8-/m1/s1. The van der Waals surface area contributed by atoms with Crippen molar-refractivity contribution >= 4 is 5.97 Å². The number of rotatable bonds is 6. The molecule has 0 aliphatic carbocycles. The molecule has 1 atom stereocenters. The number of aliphatic hydroxyl groups is 1. The molecular formula is C9H15F3O5. The van der Waals surface area contributed by atoms with Gasteiger partial charge in [-0.25, -0.2) is 4.79 Å². The molecular weight excluding hydrogens is 245 g/mol. The second-order valence-electron chi connectivity index (χ2n) is 3.18. The Bertz CT molecular complexity index is 252. The lowest BCUT2D eigenvalue weighted by Crippen LogP contribution is -2.55. The third kappa shape index (κ3) is 3.83. The molecule has 0 rings (SSSR count). The van der Waals surface area contributed by atoms with Gasteiger partial charge in [0.05, 0.1) is 6.61 Å². The summed E-state index contributed by atoms with van der Waals surface area (Å²) in [7, 11) is 2.19. The fraction of sp³-hybridized carbons (Fsp3) is 0.889. The maximum Gasteiger partial charge on any atom is 0.428 e. The zero-order chi connectivity index (χ0) is 13.7. The van der Waals surface area contributed by atoms with Crippen LogP contribution in [-0.2, 0) is 19.0 Å². The zero-order valence-electron chi connectivity index (χ0n) is 9.71. The number of hydrogen-bond donors (Lipinski definition) is 1. The number of halogens is 3. The highest BCUT2D eigenvalue weighted by Crippen LogP contribution is 2.35. The van der Waals surface area contributed by atoms with E-state index in [2.05, 4.69) is 14.2 Å². The van der Waals surface area contributed by atoms with Crippen molar-refractivity contribution in [2.24, 2.45) is 0 Å². The molecule has 0 aromatic carbocycles. The Labute approximate surface area is 96.5 Å². The molecule has 0 aromatic heterocycles. The maximum atomic E-state index is 12.6. The van der Waals surface area contributed by atoms with Gasteiger partial charge in [-0.2, -0.15) is 13.2 Å². The Morgan fingerprint density at radius 3 is 2.06 bits per heavy atom. The van der Waals surface area contributed by atoms with Crippen LogP contribution in [0.5, 0.6) is 0 Å². The smallest absolute Gasteiger partial charge is 0.428 e. The molecule has 0 heterocycles. The van der Waals surface area contributed by atoms with Gasteiger partial charge < -0.3 is 19.3 Å². The van der Waals surface area contributed by atoms with E-state index in [1.54, 1.807) is 0 Å². The number of carbonyl (C=O) groups excluding carboxylic acids is 1. The van der Waals surface area contributed by atoms with Gasteiger partial charge in [0.15, 0.2) is 6.29 Å². The second kappa shape index (κ2) is 6.18. The number of esters is 1. The highest BCUT2D eigenvalue weighted by atomic mass is 19.4. The number of alkyl halides is 3. The third-order valence-electron chi connectivity index (χ3n) is 2.07. The van der Waals surface area contributed by atoms with Crippen LogP contribution in [0.1, 0.15) is 13.3 Å². The monoisotopic (exact) mass is 260 g/mol. The van der Waals surface area contributed by atoms with Gasteiger partial charge in [0.1, 0.15) is 0 Å². The Morgan fingerprint density at radius 2 is 1.76 bits per heavy atom. The van der Waals surface area contributed by atoms with E-state index in [4.69, 9.17) is 0 Å². The summed E-state index contributed by atoms with van der Waals surface area (Å²) in [6.07, 6.45) is -7.64. The molecule has 0 bridgehead atoms. The van der Waals surface area contributed by atoms with Gasteiger partial charge in [-0.1, -0.05) is 0 Å². The fourth-order valence-electron chi connectivity index (χ4n) is 1.07. The number of carbonyl (C=O) groups is 1. The second-order valence-corrected chi connectivity index (χ2v) is 3.18. The molecule has 0 radical (unpaired) electrons. The van der Waals surface area contributed by atoms with E-state index in [0.29, 0.717) is 0 Å². The average molecular weight is 260 g/mol. The molecule has 102 valence electrons. The fourth-order valence-corrected chi connectivity index (χ4v) is 1.07. The van der Waals surface area contributed by atoms with Crippen LogP contribution >= 0.6 is 0 Å². The summed E-state index contributed by atoms with van der Waals surface area (Å²) in [5.41, 5.74) is -3.64. The first-order valence-electron chi connectivity index (χ1n) is 4.74. The van der Waals surface area contributed by atoms with Crippen LogP contribution in [0.3, 0.4) is 0 Å². The Hall–Kier alpha value is -0.860. The zero-order valence-corrected chi connectivity index (χ0v) is 9.71. The van der Waals surface area contributed by atoms with E-state index in [0.717, 1.165) is 14.2 Å². The average Bonchev–Trinajstić information content (AvgIpc) is 2.24. The molecule has 0 aliphatic heterocycles. The largest absolute Gasteiger partial charge is 0.464 e. The Kier molecular flexibility index (Phi) is 5.86. The first kappa shape index (κ1) is 16.1. The van der Waals surface area contributed by atoms with Gasteiger partial charge in [-0.3, -0.25) is 0 Å². The summed E-state index contributed by atoms with van der Waals surface area (Å²) in [4.78, 5) is 11.2. The minimum absolute atomic E-state index is 0.276. The molecule has 0 aromatic rings. The van der Waals surface area contributed by atoms with Gasteiger partial charge in [0.2, 0.25) is 0 Å². The third-order valence-corrected chi connectivity index (χ3v) is 2.07. The predicted molar refractivity (Wildman–Crippen MR) is 50.1 cm³/mol. The molecule has 0 saturated heterocycles. The van der Waals surface area contributed by atoms with Gasteiger partial charge in [-0.05, 0) is 6.92 Å². The van der Waals surface area contributed by atoms with Crippen LogP contribution in [0.15, 0.2) is 0 Å². The Morgan fingerprint density at radius 1 is 1.29 bits per heavy atom. The van der Waals surface area contributed by atoms with Crippen molar-refractivity contribution in [2.45, 2.75) is 31.4 Å². The summed E-state index contributed by atoms with van der Waals surface area (Å²) < 4.78 is 51.2. The van der Waals surface area contributed by atoms with Crippen LogP contribution in [0.4, 0.5) is 13.2 Å². The molecule has 1 N–H and O–H groups in total. The molecule has 17 heavy (non-hydrogen) atoms. The van der Waals surface area contributed by atoms with Crippen molar-refractivity contribution in [2.75, 3.05) is 20.8 Å². The molecule has 0 fully saturated rings. The first-order chi connectivity index (χ1) is 7.72. The van der Waals surface area contributed by atoms with Crippen molar-refractivity contribution in [3.63, 3.8) is 0 Å². The summed E-state index contributed by atoms with van der Waals surface area (Å²) in [6, 6.07) is 0. The maximum absolute atomic E-state index is 12.6. The van der Waals surface area contributed by atoms with Crippen LogP contribution in [0.25, 0.3) is 0 Å². The van der Waals surface area contributed by atoms with Crippen molar-refractivity contribution < 1.29 is 37.3 Å². The van der Waals surface area contributed by atoms with Gasteiger partial charge >= 0.3 is 12.1 Å². The molecule has 0 aliphatic rings. The molecule has 8 heteroatoms. The normalized spacial score (nSPS) is 15.8. The van der Waals surface area contributed by atoms with Crippen LogP contribution in [0, 0.1) is 0 Å². The van der Waals surface area contributed by atoms with E-state index in [1.165, 1.54) is 6.92 Å². The molecule has 0 amide bonds. The van der Waals surface area contributed by atoms with E-state index in [1.807, 2.05) is 0 Å². The molecule has 0 saturated carbocycles. The van der Waals surface area contributed by atoms with E-state index >= 15 is 0 Å². The lowest BCUT2D eigenvalue weighted by Gasteiger charge is -2.30. The highest BCUT2D eigenvalue weighted by molar-refractivity contribution is 5.80. The number of ether oxygens (including phenoxy) is 3. The van der Waals surface area contributed by atoms with E-state index < -0.39 is 30.5 Å². The Balaban J connectivity index is 5.04. The SMILES string of the molecule is CCOC(=O)[C@](O)(CC(OC)OC)C(F)(F)F. The topological polar surface area (TPSA) is 65.0 Å². The number of hydrogen-bond acceptors (Lipinski definition) is 5. The summed E-state index contributed by atoms with van der Waals surface area (Å²) in [6.45, 7) is 1.06. The number of methoxy groups -OCH3 is 2. The van der Waals surface area contributed by atoms with Crippen molar-refractivity contribution in [1.82, 2.24) is 0 Å². The van der Waals surface area contributed by atoms with Crippen molar-refractivity contribution in [1.29, 1.82) is 0 Å². The predicted octanol–water partition coefficient (Wildman–Crippen LogP) is 0.852. The lowest BCUT2D eigenvalue weighted by molar-refractivity contribution is -0.280. The summed E-state index contributed by atoms with van der Waals surface area (Å²) in [5, 5.41) is 9.42. The summed E-state index contributed by atoms with van der Waals surface area (Å²) >= 11 is 0. The van der Waals surface area contributed by atoms with Crippen LogP contribution in [0.2, 0.25) is 0 Å². The minimum Gasteiger partial charge on any atom is -0.464 e. The molecule has 5 nitrogen and oxygen atoms in total. The molecule has 0 spiro atoms. The van der Waals surface area contributed by atoms with Crippen molar-refractivity contribution in [3.05, 3.63) is 0 Å². The van der Waals surface area contributed by atoms with Crippen LogP contribution in [-0.4, -0.2) is 50.0 Å². The van der Waals surface area contributed by atoms with E-state index in [9.17, 15) is 23.1 Å². The van der Waals surface area contributed by atoms with Gasteiger partial charge in [0, 0.05) is 20.6 Å². The lowest BCUT2D eigenvalue weighted by atomic mass is 9.99. The van der Waals surface area contributed by atoms with Gasteiger partial charge in [-0.15, -0.1) is 0 Å². The highest BCUT2D eigenvalue weighted by Gasteiger charge is 2.61.